The first-order valence-electron chi connectivity index (χ1n) is 11.8. The normalized spacial score (nSPS) is 18.7. The average Bonchev–Trinajstić information content (AvgIpc) is 3.48. The molecule has 0 unspecified atom stereocenters. The van der Waals surface area contributed by atoms with Crippen molar-refractivity contribution < 1.29 is 0 Å². The van der Waals surface area contributed by atoms with Crippen LogP contribution in [0.25, 0.3) is 5.57 Å². The number of hydrogen-bond donors (Lipinski definition) is 0. The van der Waals surface area contributed by atoms with Crippen LogP contribution in [-0.4, -0.2) is 11.8 Å². The van der Waals surface area contributed by atoms with Gasteiger partial charge in [-0.25, -0.2) is 0 Å². The zero-order chi connectivity index (χ0) is 22.9. The fraction of sp³-hybridized carbons (Fsp3) is 0.0938. The van der Waals surface area contributed by atoms with Gasteiger partial charge in [-0.1, -0.05) is 121 Å². The number of benzene rings is 4. The van der Waals surface area contributed by atoms with E-state index >= 15 is 0 Å². The van der Waals surface area contributed by atoms with E-state index in [9.17, 15) is 0 Å². The summed E-state index contributed by atoms with van der Waals surface area (Å²) in [5, 5.41) is 7.45. The van der Waals surface area contributed by atoms with Gasteiger partial charge in [0.15, 0.2) is 0 Å². The average molecular weight is 439 g/mol. The molecule has 0 N–H and O–H groups in total. The number of fused-ring (bicyclic) bond motifs is 1. The summed E-state index contributed by atoms with van der Waals surface area (Å²) in [4.78, 5) is 0. The van der Waals surface area contributed by atoms with Crippen molar-refractivity contribution in [3.05, 3.63) is 155 Å². The van der Waals surface area contributed by atoms with Gasteiger partial charge in [0.1, 0.15) is 0 Å². The van der Waals surface area contributed by atoms with E-state index in [-0.39, 0.29) is 12.0 Å². The molecule has 0 spiro atoms. The molecule has 2 aliphatic rings. The van der Waals surface area contributed by atoms with Gasteiger partial charge in [-0.3, -0.25) is 5.01 Å². The highest BCUT2D eigenvalue weighted by Crippen LogP contribution is 2.43. The van der Waals surface area contributed by atoms with Crippen LogP contribution in [0.5, 0.6) is 0 Å². The summed E-state index contributed by atoms with van der Waals surface area (Å²) >= 11 is 0. The Bertz CT molecular complexity index is 1340. The third-order valence-corrected chi connectivity index (χ3v) is 6.72. The van der Waals surface area contributed by atoms with Crippen LogP contribution in [0.2, 0.25) is 0 Å². The lowest BCUT2D eigenvalue weighted by atomic mass is 9.86. The monoisotopic (exact) mass is 438 g/mol. The molecule has 2 heteroatoms. The van der Waals surface area contributed by atoms with Crippen LogP contribution in [-0.2, 0) is 0 Å². The van der Waals surface area contributed by atoms with Crippen LogP contribution < -0.4 is 5.01 Å². The third kappa shape index (κ3) is 3.58. The van der Waals surface area contributed by atoms with E-state index in [2.05, 4.69) is 139 Å². The second-order valence-corrected chi connectivity index (χ2v) is 8.92. The van der Waals surface area contributed by atoms with Crippen LogP contribution >= 0.6 is 0 Å². The van der Waals surface area contributed by atoms with Gasteiger partial charge in [0.2, 0.25) is 0 Å². The number of rotatable bonds is 4. The number of nitrogens with zero attached hydrogens (tertiary/aromatic N) is 2. The Morgan fingerprint density at radius 3 is 1.82 bits per heavy atom. The van der Waals surface area contributed by atoms with Gasteiger partial charge in [0.25, 0.3) is 0 Å². The van der Waals surface area contributed by atoms with Gasteiger partial charge < -0.3 is 0 Å². The van der Waals surface area contributed by atoms with Crippen molar-refractivity contribution >= 4 is 17.0 Å². The standard InChI is InChI=1S/C32H26N2/c1-23-17-19-26(20-18-23)31-29-22-21-28(32(29)34(33-31)27-15-9-4-10-16-27)30(24-11-5-2-6-12-24)25-13-7-3-8-14-25/h2-22,29,32H,1H3/t29-,32-/m0/s1. The van der Waals surface area contributed by atoms with Crippen LogP contribution in [0.3, 0.4) is 0 Å². The third-order valence-electron chi connectivity index (χ3n) is 6.72. The Balaban J connectivity index is 1.55. The Morgan fingerprint density at radius 1 is 0.676 bits per heavy atom. The van der Waals surface area contributed by atoms with Crippen LogP contribution in [0, 0.1) is 12.8 Å². The highest BCUT2D eigenvalue weighted by Gasteiger charge is 2.43. The second kappa shape index (κ2) is 8.64. The van der Waals surface area contributed by atoms with Gasteiger partial charge in [-0.05, 0) is 46.9 Å². The topological polar surface area (TPSA) is 15.6 Å². The number of anilines is 1. The summed E-state index contributed by atoms with van der Waals surface area (Å²) in [6.07, 6.45) is 4.66. The Labute approximate surface area is 201 Å². The lowest BCUT2D eigenvalue weighted by Gasteiger charge is -2.27. The fourth-order valence-electron chi connectivity index (χ4n) is 5.09. The summed E-state index contributed by atoms with van der Waals surface area (Å²) in [6, 6.07) is 40.9. The smallest absolute Gasteiger partial charge is 0.0900 e. The zero-order valence-corrected chi connectivity index (χ0v) is 19.2. The maximum absolute atomic E-state index is 5.23. The molecule has 6 rings (SSSR count). The van der Waals surface area contributed by atoms with Crippen LogP contribution in [0.1, 0.15) is 22.3 Å². The quantitative estimate of drug-likeness (QED) is 0.327. The van der Waals surface area contributed by atoms with Crippen molar-refractivity contribution in [3.8, 4) is 0 Å². The van der Waals surface area contributed by atoms with E-state index < -0.39 is 0 Å². The van der Waals surface area contributed by atoms with E-state index in [4.69, 9.17) is 5.10 Å². The number of para-hydroxylation sites is 1. The summed E-state index contributed by atoms with van der Waals surface area (Å²) < 4.78 is 0. The van der Waals surface area contributed by atoms with Gasteiger partial charge >= 0.3 is 0 Å². The molecular weight excluding hydrogens is 412 g/mol. The van der Waals surface area contributed by atoms with Crippen molar-refractivity contribution in [1.29, 1.82) is 0 Å². The molecule has 164 valence electrons. The fourth-order valence-corrected chi connectivity index (χ4v) is 5.09. The first kappa shape index (κ1) is 20.4. The molecule has 0 radical (unpaired) electrons. The highest BCUT2D eigenvalue weighted by atomic mass is 15.5. The van der Waals surface area contributed by atoms with E-state index in [0.29, 0.717) is 0 Å². The molecule has 1 aliphatic heterocycles. The molecule has 0 amide bonds. The molecule has 0 aromatic heterocycles. The van der Waals surface area contributed by atoms with Gasteiger partial charge in [-0.2, -0.15) is 5.10 Å². The predicted octanol–water partition coefficient (Wildman–Crippen LogP) is 7.28. The molecule has 0 fully saturated rings. The molecule has 1 aliphatic carbocycles. The van der Waals surface area contributed by atoms with E-state index in [1.165, 1.54) is 33.4 Å². The molecule has 4 aromatic carbocycles. The molecule has 0 saturated carbocycles. The van der Waals surface area contributed by atoms with Crippen molar-refractivity contribution in [2.45, 2.75) is 13.0 Å². The minimum atomic E-state index is 0.106. The van der Waals surface area contributed by atoms with Gasteiger partial charge in [-0.15, -0.1) is 0 Å². The summed E-state index contributed by atoms with van der Waals surface area (Å²) in [5.41, 5.74) is 9.71. The predicted molar refractivity (Wildman–Crippen MR) is 142 cm³/mol. The molecule has 2 nitrogen and oxygen atoms in total. The summed E-state index contributed by atoms with van der Waals surface area (Å²) in [7, 11) is 0. The minimum absolute atomic E-state index is 0.106. The maximum Gasteiger partial charge on any atom is 0.0900 e. The molecule has 2 atom stereocenters. The van der Waals surface area contributed by atoms with E-state index in [1.807, 2.05) is 0 Å². The Hall–Kier alpha value is -4.17. The number of aryl methyl sites for hydroxylation is 1. The number of hydrazone groups is 1. The zero-order valence-electron chi connectivity index (χ0n) is 19.2. The molecule has 34 heavy (non-hydrogen) atoms. The Kier molecular flexibility index (Phi) is 5.20. The van der Waals surface area contributed by atoms with Crippen molar-refractivity contribution in [2.24, 2.45) is 11.0 Å². The SMILES string of the molecule is Cc1ccc(C2=NN(c3ccccc3)[C@H]3C(=C(c4ccccc4)c4ccccc4)C=C[C@@H]23)cc1. The molecule has 4 aromatic rings. The molecule has 0 saturated heterocycles. The van der Waals surface area contributed by atoms with Crippen LogP contribution in [0.15, 0.2) is 138 Å². The van der Waals surface area contributed by atoms with Crippen LogP contribution in [0.4, 0.5) is 5.69 Å². The minimum Gasteiger partial charge on any atom is -0.257 e. The van der Waals surface area contributed by atoms with Crippen molar-refractivity contribution in [3.63, 3.8) is 0 Å². The lowest BCUT2D eigenvalue weighted by Crippen LogP contribution is -2.32. The summed E-state index contributed by atoms with van der Waals surface area (Å²) in [6.45, 7) is 2.13. The first-order valence-corrected chi connectivity index (χ1v) is 11.8. The molecular formula is C32H26N2. The first-order chi connectivity index (χ1) is 16.8. The van der Waals surface area contributed by atoms with E-state index in [0.717, 1.165) is 11.4 Å². The molecule has 0 bridgehead atoms. The highest BCUT2D eigenvalue weighted by molar-refractivity contribution is 6.08. The largest absolute Gasteiger partial charge is 0.257 e. The molecule has 1 heterocycles. The lowest BCUT2D eigenvalue weighted by molar-refractivity contribution is 0.705. The van der Waals surface area contributed by atoms with Gasteiger partial charge in [0, 0.05) is 5.92 Å². The van der Waals surface area contributed by atoms with Crippen molar-refractivity contribution in [1.82, 2.24) is 0 Å². The summed E-state index contributed by atoms with van der Waals surface area (Å²) in [5.74, 6) is 0.195. The maximum atomic E-state index is 5.23. The Morgan fingerprint density at radius 2 is 1.24 bits per heavy atom. The van der Waals surface area contributed by atoms with Crippen molar-refractivity contribution in [2.75, 3.05) is 5.01 Å². The van der Waals surface area contributed by atoms with Gasteiger partial charge in [0.05, 0.1) is 17.4 Å². The second-order valence-electron chi connectivity index (χ2n) is 8.92. The van der Waals surface area contributed by atoms with E-state index in [1.54, 1.807) is 0 Å². The number of hydrogen-bond acceptors (Lipinski definition) is 2.